The minimum Gasteiger partial charge on any atom is -0.496 e. The van der Waals surface area contributed by atoms with Crippen molar-refractivity contribution in [2.24, 2.45) is 11.7 Å². The predicted molar refractivity (Wildman–Crippen MR) is 157 cm³/mol. The summed E-state index contributed by atoms with van der Waals surface area (Å²) >= 11 is 0. The number of hydrogen-bond donors (Lipinski definition) is 2. The Morgan fingerprint density at radius 2 is 1.76 bits per heavy atom. The molecule has 4 aromatic rings. The predicted octanol–water partition coefficient (Wildman–Crippen LogP) is 5.25. The van der Waals surface area contributed by atoms with Crippen molar-refractivity contribution in [3.63, 3.8) is 0 Å². The third-order valence-electron chi connectivity index (χ3n) is 7.78. The number of aromatic nitrogens is 2. The van der Waals surface area contributed by atoms with Gasteiger partial charge in [0.05, 0.1) is 37.7 Å². The van der Waals surface area contributed by atoms with Gasteiger partial charge >= 0.3 is 6.09 Å². The summed E-state index contributed by atoms with van der Waals surface area (Å²) in [4.78, 5) is 25.8. The maximum Gasteiger partial charge on any atom is 0.414 e. The number of nitrogens with two attached hydrogens (primary N) is 1. The molecule has 3 aromatic carbocycles. The van der Waals surface area contributed by atoms with Gasteiger partial charge in [0.2, 0.25) is 0 Å². The first-order valence-electron chi connectivity index (χ1n) is 13.6. The summed E-state index contributed by atoms with van der Waals surface area (Å²) in [6.07, 6.45) is 1.96. The lowest BCUT2D eigenvalue weighted by atomic mass is 9.96. The fourth-order valence-corrected chi connectivity index (χ4v) is 5.35. The number of amides is 2. The van der Waals surface area contributed by atoms with Gasteiger partial charge < -0.3 is 25.3 Å². The Morgan fingerprint density at radius 3 is 2.44 bits per heavy atom. The van der Waals surface area contributed by atoms with Crippen molar-refractivity contribution >= 4 is 34.3 Å². The molecular formula is C31H31N5O5. The average Bonchev–Trinajstić information content (AvgIpc) is 3.76. The van der Waals surface area contributed by atoms with E-state index in [1.807, 2.05) is 54.6 Å². The van der Waals surface area contributed by atoms with Gasteiger partial charge in [0.25, 0.3) is 5.91 Å². The molecule has 2 aliphatic rings. The number of carbonyl (C=O) groups excluding carboxylic acids is 2. The molecule has 0 bridgehead atoms. The summed E-state index contributed by atoms with van der Waals surface area (Å²) in [6, 6.07) is 17.6. The molecular weight excluding hydrogens is 522 g/mol. The van der Waals surface area contributed by atoms with Crippen LogP contribution in [0.2, 0.25) is 0 Å². The van der Waals surface area contributed by atoms with Crippen molar-refractivity contribution in [1.29, 1.82) is 0 Å². The van der Waals surface area contributed by atoms with E-state index in [-0.39, 0.29) is 17.8 Å². The Hall–Kier alpha value is -4.86. The fourth-order valence-electron chi connectivity index (χ4n) is 5.35. The van der Waals surface area contributed by atoms with E-state index in [1.54, 1.807) is 19.1 Å². The number of methoxy groups -OCH3 is 2. The van der Waals surface area contributed by atoms with Crippen molar-refractivity contribution in [1.82, 2.24) is 10.2 Å². The molecule has 2 amide bonds. The number of cyclic esters (lactones) is 1. The third kappa shape index (κ3) is 4.97. The van der Waals surface area contributed by atoms with E-state index in [9.17, 15) is 9.59 Å². The van der Waals surface area contributed by atoms with E-state index >= 15 is 0 Å². The summed E-state index contributed by atoms with van der Waals surface area (Å²) < 4.78 is 16.5. The number of anilines is 2. The summed E-state index contributed by atoms with van der Waals surface area (Å²) in [5.74, 6) is 1.26. The molecule has 0 unspecified atom stereocenters. The maximum atomic E-state index is 12.2. The highest BCUT2D eigenvalue weighted by Gasteiger charge is 2.30. The lowest BCUT2D eigenvalue weighted by molar-refractivity contribution is 0.0995. The van der Waals surface area contributed by atoms with Crippen LogP contribution < -0.4 is 25.4 Å². The van der Waals surface area contributed by atoms with Crippen LogP contribution >= 0.6 is 0 Å². The first-order valence-corrected chi connectivity index (χ1v) is 13.6. The summed E-state index contributed by atoms with van der Waals surface area (Å²) in [5, 5.41) is 12.8. The first-order chi connectivity index (χ1) is 19.9. The standard InChI is InChI=1S/C31H31N5O5/c1-17(18-4-5-18)33-28-23-9-6-20(15-25(23)34-35-29(28)30(32)37)24-14-19(7-11-26(24)39-2)22-10-8-21(16-27(22)40-3)36-12-13-41-31(36)38/h6-11,14-18H,4-5,12-13H2,1-3H3,(H2,32,37)(H,33,34)/t17-/m1/s1. The summed E-state index contributed by atoms with van der Waals surface area (Å²) in [5.41, 5.74) is 11.2. The number of nitrogens with zero attached hydrogens (tertiary/aromatic N) is 3. The summed E-state index contributed by atoms with van der Waals surface area (Å²) in [6.45, 7) is 2.97. The Morgan fingerprint density at radius 1 is 1.00 bits per heavy atom. The molecule has 41 heavy (non-hydrogen) atoms. The number of ether oxygens (including phenoxy) is 3. The number of hydrogen-bond acceptors (Lipinski definition) is 8. The normalized spacial score (nSPS) is 15.5. The van der Waals surface area contributed by atoms with Gasteiger partial charge in [-0.1, -0.05) is 12.1 Å². The number of benzene rings is 3. The van der Waals surface area contributed by atoms with Gasteiger partial charge in [0, 0.05) is 28.6 Å². The average molecular weight is 554 g/mol. The van der Waals surface area contributed by atoms with E-state index in [2.05, 4.69) is 22.4 Å². The van der Waals surface area contributed by atoms with Crippen LogP contribution in [0.1, 0.15) is 30.3 Å². The van der Waals surface area contributed by atoms with Gasteiger partial charge in [-0.2, -0.15) is 0 Å². The van der Waals surface area contributed by atoms with Gasteiger partial charge in [-0.3, -0.25) is 9.69 Å². The third-order valence-corrected chi connectivity index (χ3v) is 7.78. The highest BCUT2D eigenvalue weighted by molar-refractivity contribution is 6.05. The minimum atomic E-state index is -0.620. The zero-order chi connectivity index (χ0) is 28.7. The monoisotopic (exact) mass is 553 g/mol. The van der Waals surface area contributed by atoms with E-state index < -0.39 is 5.91 Å². The van der Waals surface area contributed by atoms with Gasteiger partial charge in [0.1, 0.15) is 18.1 Å². The van der Waals surface area contributed by atoms with Crippen molar-refractivity contribution in [2.45, 2.75) is 25.8 Å². The molecule has 1 saturated carbocycles. The number of nitrogens with one attached hydrogen (secondary N) is 1. The SMILES string of the molecule is COc1cc(N2CCOC2=O)ccc1-c1ccc(OC)c(-c2ccc3c(N[C@H](C)C4CC4)c(C(N)=O)nnc3c2)c1. The quantitative estimate of drug-likeness (QED) is 0.288. The van der Waals surface area contributed by atoms with Crippen LogP contribution in [0.3, 0.4) is 0 Å². The van der Waals surface area contributed by atoms with Crippen LogP contribution in [0.15, 0.2) is 54.6 Å². The van der Waals surface area contributed by atoms with Gasteiger partial charge in [-0.25, -0.2) is 4.79 Å². The van der Waals surface area contributed by atoms with Crippen LogP contribution in [0.25, 0.3) is 33.2 Å². The van der Waals surface area contributed by atoms with Crippen LogP contribution in [-0.4, -0.2) is 55.6 Å². The van der Waals surface area contributed by atoms with Crippen molar-refractivity contribution in [2.75, 3.05) is 37.6 Å². The van der Waals surface area contributed by atoms with Gasteiger partial charge in [-0.05, 0) is 73.2 Å². The van der Waals surface area contributed by atoms with Crippen molar-refractivity contribution in [3.8, 4) is 33.8 Å². The second-order valence-electron chi connectivity index (χ2n) is 10.4. The molecule has 1 aromatic heterocycles. The van der Waals surface area contributed by atoms with Crippen LogP contribution in [-0.2, 0) is 4.74 Å². The van der Waals surface area contributed by atoms with E-state index in [4.69, 9.17) is 19.9 Å². The number of rotatable bonds is 9. The zero-order valence-electron chi connectivity index (χ0n) is 23.1. The summed E-state index contributed by atoms with van der Waals surface area (Å²) in [7, 11) is 3.23. The highest BCUT2D eigenvalue weighted by atomic mass is 16.6. The van der Waals surface area contributed by atoms with Crippen LogP contribution in [0, 0.1) is 5.92 Å². The second-order valence-corrected chi connectivity index (χ2v) is 10.4. The van der Waals surface area contributed by atoms with E-state index in [1.165, 1.54) is 0 Å². The van der Waals surface area contributed by atoms with Crippen molar-refractivity contribution in [3.05, 3.63) is 60.3 Å². The Kier molecular flexibility index (Phi) is 6.82. The molecule has 3 N–H and O–H groups in total. The molecule has 10 nitrogen and oxygen atoms in total. The first kappa shape index (κ1) is 26.4. The topological polar surface area (TPSA) is 129 Å². The number of fused-ring (bicyclic) bond motifs is 1. The molecule has 1 saturated heterocycles. The Bertz CT molecular complexity index is 1670. The molecule has 1 atom stereocenters. The number of primary amides is 1. The maximum absolute atomic E-state index is 12.2. The lowest BCUT2D eigenvalue weighted by Crippen LogP contribution is -2.23. The van der Waals surface area contributed by atoms with E-state index in [0.29, 0.717) is 47.5 Å². The van der Waals surface area contributed by atoms with Crippen molar-refractivity contribution < 1.29 is 23.8 Å². The molecule has 2 fully saturated rings. The van der Waals surface area contributed by atoms with Crippen LogP contribution in [0.5, 0.6) is 11.5 Å². The second kappa shape index (κ2) is 10.6. The molecule has 210 valence electrons. The molecule has 1 aliphatic carbocycles. The molecule has 0 radical (unpaired) electrons. The van der Waals surface area contributed by atoms with E-state index in [0.717, 1.165) is 40.5 Å². The smallest absolute Gasteiger partial charge is 0.414 e. The van der Waals surface area contributed by atoms with Gasteiger partial charge in [0.15, 0.2) is 5.69 Å². The highest BCUT2D eigenvalue weighted by Crippen LogP contribution is 2.41. The zero-order valence-corrected chi connectivity index (χ0v) is 23.1. The van der Waals surface area contributed by atoms with Gasteiger partial charge in [-0.15, -0.1) is 10.2 Å². The minimum absolute atomic E-state index is 0.134. The molecule has 6 rings (SSSR count). The Balaban J connectivity index is 1.41. The Labute approximate surface area is 237 Å². The fraction of sp³-hybridized carbons (Fsp3) is 0.290. The molecule has 0 spiro atoms. The largest absolute Gasteiger partial charge is 0.496 e. The molecule has 1 aliphatic heterocycles. The van der Waals surface area contributed by atoms with Crippen LogP contribution in [0.4, 0.5) is 16.2 Å². The number of carbonyl (C=O) groups is 2. The molecule has 2 heterocycles. The molecule has 10 heteroatoms. The lowest BCUT2D eigenvalue weighted by Gasteiger charge is -2.19.